The number of alkyl halides is 3. The number of benzene rings is 2. The molecule has 0 bridgehead atoms. The number of anilines is 2. The Kier molecular flexibility index (Phi) is 5.99. The predicted octanol–water partition coefficient (Wildman–Crippen LogP) is 3.48. The van der Waals surface area contributed by atoms with Crippen molar-refractivity contribution < 1.29 is 31.9 Å². The minimum Gasteiger partial charge on any atom is -0.406 e. The van der Waals surface area contributed by atoms with Gasteiger partial charge in [-0.05, 0) is 48.5 Å². The summed E-state index contributed by atoms with van der Waals surface area (Å²) in [6, 6.07) is 8.80. The van der Waals surface area contributed by atoms with Crippen LogP contribution in [0.5, 0.6) is 5.75 Å². The Hall–Kier alpha value is -3.30. The van der Waals surface area contributed by atoms with Gasteiger partial charge in [-0.25, -0.2) is 9.18 Å². The fraction of sp³-hybridized carbons (Fsp3) is 0.125. The molecular formula is C16H13F4N3O3. The van der Waals surface area contributed by atoms with Crippen molar-refractivity contribution in [3.8, 4) is 5.75 Å². The Labute approximate surface area is 145 Å². The maximum absolute atomic E-state index is 12.7. The first kappa shape index (κ1) is 19.0. The van der Waals surface area contributed by atoms with Gasteiger partial charge in [0, 0.05) is 11.4 Å². The Bertz CT molecular complexity index is 762. The van der Waals surface area contributed by atoms with Gasteiger partial charge in [0.15, 0.2) is 0 Å². The number of nitrogens with one attached hydrogen (secondary N) is 3. The van der Waals surface area contributed by atoms with Gasteiger partial charge in [0.05, 0.1) is 6.54 Å². The zero-order valence-corrected chi connectivity index (χ0v) is 13.1. The molecule has 0 spiro atoms. The molecular weight excluding hydrogens is 358 g/mol. The Morgan fingerprint density at radius 1 is 0.885 bits per heavy atom. The van der Waals surface area contributed by atoms with Crippen LogP contribution >= 0.6 is 0 Å². The minimum absolute atomic E-state index is 0.205. The van der Waals surface area contributed by atoms with Gasteiger partial charge in [-0.15, -0.1) is 13.2 Å². The lowest BCUT2D eigenvalue weighted by molar-refractivity contribution is -0.274. The number of ether oxygens (including phenoxy) is 1. The van der Waals surface area contributed by atoms with Gasteiger partial charge < -0.3 is 20.7 Å². The van der Waals surface area contributed by atoms with Crippen LogP contribution < -0.4 is 20.7 Å². The van der Waals surface area contributed by atoms with Crippen LogP contribution in [0.15, 0.2) is 48.5 Å². The second-order valence-corrected chi connectivity index (χ2v) is 4.93. The molecule has 0 aliphatic rings. The van der Waals surface area contributed by atoms with E-state index in [2.05, 4.69) is 20.7 Å². The molecule has 26 heavy (non-hydrogen) atoms. The van der Waals surface area contributed by atoms with Gasteiger partial charge in [-0.2, -0.15) is 0 Å². The van der Waals surface area contributed by atoms with E-state index >= 15 is 0 Å². The van der Waals surface area contributed by atoms with E-state index in [-0.39, 0.29) is 12.2 Å². The van der Waals surface area contributed by atoms with Crippen LogP contribution in [-0.2, 0) is 4.79 Å². The molecule has 0 aromatic heterocycles. The Balaban J connectivity index is 1.77. The van der Waals surface area contributed by atoms with Crippen LogP contribution in [0.2, 0.25) is 0 Å². The SMILES string of the molecule is O=C(CNC(=O)Nc1ccc(OC(F)(F)F)cc1)Nc1ccc(F)cc1. The van der Waals surface area contributed by atoms with Gasteiger partial charge in [-0.3, -0.25) is 4.79 Å². The number of hydrogen-bond acceptors (Lipinski definition) is 3. The minimum atomic E-state index is -4.80. The first-order chi connectivity index (χ1) is 12.2. The maximum Gasteiger partial charge on any atom is 0.573 e. The van der Waals surface area contributed by atoms with Crippen molar-refractivity contribution in [2.24, 2.45) is 0 Å². The zero-order valence-electron chi connectivity index (χ0n) is 13.1. The number of hydrogen-bond donors (Lipinski definition) is 3. The summed E-state index contributed by atoms with van der Waals surface area (Å²) in [4.78, 5) is 23.3. The summed E-state index contributed by atoms with van der Waals surface area (Å²) >= 11 is 0. The quantitative estimate of drug-likeness (QED) is 0.704. The molecule has 3 amide bonds. The standard InChI is InChI=1S/C16H13F4N3O3/c17-10-1-3-11(4-2-10)22-14(24)9-21-15(25)23-12-5-7-13(8-6-12)26-16(18,19)20/h1-8H,9H2,(H,22,24)(H2,21,23,25). The van der Waals surface area contributed by atoms with Crippen LogP contribution in [0.1, 0.15) is 0 Å². The lowest BCUT2D eigenvalue weighted by Crippen LogP contribution is -2.35. The molecule has 0 aliphatic heterocycles. The lowest BCUT2D eigenvalue weighted by Gasteiger charge is -2.10. The van der Waals surface area contributed by atoms with Crippen LogP contribution in [0, 0.1) is 5.82 Å². The highest BCUT2D eigenvalue weighted by Crippen LogP contribution is 2.23. The molecule has 2 aromatic rings. The van der Waals surface area contributed by atoms with Crippen molar-refractivity contribution in [3.63, 3.8) is 0 Å². The molecule has 0 saturated heterocycles. The highest BCUT2D eigenvalue weighted by molar-refractivity contribution is 5.96. The van der Waals surface area contributed by atoms with Crippen LogP contribution in [-0.4, -0.2) is 24.8 Å². The van der Waals surface area contributed by atoms with Crippen molar-refractivity contribution >= 4 is 23.3 Å². The van der Waals surface area contributed by atoms with E-state index in [9.17, 15) is 27.2 Å². The summed E-state index contributed by atoms with van der Waals surface area (Å²) in [6.45, 7) is -0.363. The van der Waals surface area contributed by atoms with Crippen LogP contribution in [0.3, 0.4) is 0 Å². The van der Waals surface area contributed by atoms with Crippen molar-refractivity contribution in [1.29, 1.82) is 0 Å². The Morgan fingerprint density at radius 3 is 2.00 bits per heavy atom. The van der Waals surface area contributed by atoms with Gasteiger partial charge in [0.1, 0.15) is 11.6 Å². The normalized spacial score (nSPS) is 10.8. The predicted molar refractivity (Wildman–Crippen MR) is 85.2 cm³/mol. The van der Waals surface area contributed by atoms with Gasteiger partial charge in [-0.1, -0.05) is 0 Å². The van der Waals surface area contributed by atoms with E-state index in [0.717, 1.165) is 12.1 Å². The fourth-order valence-electron chi connectivity index (χ4n) is 1.81. The topological polar surface area (TPSA) is 79.5 Å². The second kappa shape index (κ2) is 8.19. The number of carbonyl (C=O) groups is 2. The largest absolute Gasteiger partial charge is 0.573 e. The molecule has 0 unspecified atom stereocenters. The van der Waals surface area contributed by atoms with E-state index in [4.69, 9.17) is 0 Å². The summed E-state index contributed by atoms with van der Waals surface area (Å²) < 4.78 is 52.6. The molecule has 0 heterocycles. The molecule has 10 heteroatoms. The van der Waals surface area contributed by atoms with Crippen molar-refractivity contribution in [2.75, 3.05) is 17.2 Å². The van der Waals surface area contributed by atoms with Crippen LogP contribution in [0.4, 0.5) is 33.7 Å². The third-order valence-corrected chi connectivity index (χ3v) is 2.88. The average molecular weight is 371 g/mol. The number of amides is 3. The first-order valence-electron chi connectivity index (χ1n) is 7.17. The summed E-state index contributed by atoms with van der Waals surface area (Å²) in [7, 11) is 0. The lowest BCUT2D eigenvalue weighted by atomic mass is 10.3. The number of halogens is 4. The molecule has 6 nitrogen and oxygen atoms in total. The number of carbonyl (C=O) groups excluding carboxylic acids is 2. The third kappa shape index (κ3) is 6.67. The smallest absolute Gasteiger partial charge is 0.406 e. The van der Waals surface area contributed by atoms with Crippen molar-refractivity contribution in [3.05, 3.63) is 54.3 Å². The number of rotatable bonds is 5. The summed E-state index contributed by atoms with van der Waals surface area (Å²) in [5.41, 5.74) is 0.565. The molecule has 138 valence electrons. The van der Waals surface area contributed by atoms with Gasteiger partial charge in [0.25, 0.3) is 0 Å². The van der Waals surface area contributed by atoms with E-state index in [0.29, 0.717) is 5.69 Å². The molecule has 2 aromatic carbocycles. The second-order valence-electron chi connectivity index (χ2n) is 4.93. The van der Waals surface area contributed by atoms with E-state index in [1.165, 1.54) is 36.4 Å². The van der Waals surface area contributed by atoms with Crippen molar-refractivity contribution in [1.82, 2.24) is 5.32 Å². The monoisotopic (exact) mass is 371 g/mol. The number of urea groups is 1. The highest BCUT2D eigenvalue weighted by atomic mass is 19.4. The van der Waals surface area contributed by atoms with Gasteiger partial charge in [0.2, 0.25) is 5.91 Å². The zero-order chi connectivity index (χ0) is 19.2. The average Bonchev–Trinajstić information content (AvgIpc) is 2.56. The molecule has 0 radical (unpaired) electrons. The van der Waals surface area contributed by atoms with Crippen LogP contribution in [0.25, 0.3) is 0 Å². The molecule has 3 N–H and O–H groups in total. The molecule has 0 fully saturated rings. The Morgan fingerprint density at radius 2 is 1.42 bits per heavy atom. The maximum atomic E-state index is 12.7. The van der Waals surface area contributed by atoms with E-state index in [1.54, 1.807) is 0 Å². The molecule has 0 saturated carbocycles. The molecule has 0 aliphatic carbocycles. The molecule has 2 rings (SSSR count). The summed E-state index contributed by atoms with van der Waals surface area (Å²) in [6.07, 6.45) is -4.80. The first-order valence-corrected chi connectivity index (χ1v) is 7.17. The van der Waals surface area contributed by atoms with E-state index < -0.39 is 29.9 Å². The summed E-state index contributed by atoms with van der Waals surface area (Å²) in [5.74, 6) is -1.42. The summed E-state index contributed by atoms with van der Waals surface area (Å²) in [5, 5.41) is 7.06. The third-order valence-electron chi connectivity index (χ3n) is 2.88. The van der Waals surface area contributed by atoms with Gasteiger partial charge >= 0.3 is 12.4 Å². The highest BCUT2D eigenvalue weighted by Gasteiger charge is 2.30. The van der Waals surface area contributed by atoms with Crippen molar-refractivity contribution in [2.45, 2.75) is 6.36 Å². The van der Waals surface area contributed by atoms with E-state index in [1.807, 2.05) is 0 Å². The fourth-order valence-corrected chi connectivity index (χ4v) is 1.81. The molecule has 0 atom stereocenters.